The van der Waals surface area contributed by atoms with E-state index in [0.717, 1.165) is 50.9 Å². The number of aryl methyl sites for hydroxylation is 1. The van der Waals surface area contributed by atoms with Crippen molar-refractivity contribution in [3.05, 3.63) is 57.7 Å². The van der Waals surface area contributed by atoms with E-state index in [1.54, 1.807) is 11.1 Å². The molecular formula is C38H54O3. The molecule has 0 aromatic heterocycles. The van der Waals surface area contributed by atoms with Crippen LogP contribution in [-0.4, -0.2) is 22.3 Å². The molecule has 3 fully saturated rings. The van der Waals surface area contributed by atoms with E-state index in [0.29, 0.717) is 11.3 Å². The highest BCUT2D eigenvalue weighted by molar-refractivity contribution is 5.75. The lowest BCUT2D eigenvalue weighted by atomic mass is 9.43. The molecule has 1 aromatic rings. The van der Waals surface area contributed by atoms with Crippen LogP contribution in [0.4, 0.5) is 0 Å². The molecule has 0 heterocycles. The first-order valence-corrected chi connectivity index (χ1v) is 16.8. The van der Waals surface area contributed by atoms with Crippen LogP contribution in [0.25, 0.3) is 0 Å². The maximum Gasteiger partial charge on any atom is 0.309 e. The van der Waals surface area contributed by atoms with Crippen LogP contribution in [0.15, 0.2) is 35.4 Å². The second-order valence-electron chi connectivity index (χ2n) is 15.9. The average molecular weight is 559 g/mol. The number of allylic oxidation sites excluding steroid dienone is 3. The highest BCUT2D eigenvalue weighted by Crippen LogP contribution is 2.67. The predicted molar refractivity (Wildman–Crippen MR) is 167 cm³/mol. The van der Waals surface area contributed by atoms with E-state index in [9.17, 15) is 15.0 Å². The van der Waals surface area contributed by atoms with Gasteiger partial charge >= 0.3 is 5.97 Å². The van der Waals surface area contributed by atoms with Gasteiger partial charge in [0.25, 0.3) is 0 Å². The third-order valence-corrected chi connectivity index (χ3v) is 13.5. The Morgan fingerprint density at radius 2 is 1.71 bits per heavy atom. The van der Waals surface area contributed by atoms with E-state index in [-0.39, 0.29) is 16.7 Å². The number of carboxylic acid groups (broad SMARTS) is 1. The fraction of sp³-hybridized carbons (Fsp3) is 0.711. The van der Waals surface area contributed by atoms with E-state index < -0.39 is 17.5 Å². The monoisotopic (exact) mass is 558 g/mol. The standard InChI is InChI=1S/C38H54O3/c1-24(2)30-22-27-11-12-29-10-7-8-15-35(29,4)31(27)23-28(30)20-26-13-18-38(25(3)39)19-14-32-36(5,33(38)21-26)16-9-17-37(32,6)34(40)41/h13,21-25,29,32,39H,7-12,14-20H2,1-6H3,(H,40,41). The van der Waals surface area contributed by atoms with Crippen LogP contribution in [0.1, 0.15) is 140 Å². The summed E-state index contributed by atoms with van der Waals surface area (Å²) in [5.41, 5.74) is 8.06. The van der Waals surface area contributed by atoms with E-state index >= 15 is 0 Å². The fourth-order valence-electron chi connectivity index (χ4n) is 10.9. The summed E-state index contributed by atoms with van der Waals surface area (Å²) >= 11 is 0. The first kappa shape index (κ1) is 29.2. The van der Waals surface area contributed by atoms with E-state index in [2.05, 4.69) is 52.0 Å². The molecule has 7 unspecified atom stereocenters. The van der Waals surface area contributed by atoms with Gasteiger partial charge in [0, 0.05) is 5.41 Å². The molecule has 0 radical (unpaired) electrons. The van der Waals surface area contributed by atoms with Gasteiger partial charge in [0.1, 0.15) is 0 Å². The lowest BCUT2D eigenvalue weighted by Gasteiger charge is -2.61. The summed E-state index contributed by atoms with van der Waals surface area (Å²) in [6.07, 6.45) is 18.7. The van der Waals surface area contributed by atoms with Gasteiger partial charge in [-0.05, 0) is 134 Å². The van der Waals surface area contributed by atoms with Crippen LogP contribution in [-0.2, 0) is 23.1 Å². The molecule has 0 saturated heterocycles. The molecule has 0 bridgehead atoms. The Morgan fingerprint density at radius 3 is 2.41 bits per heavy atom. The largest absolute Gasteiger partial charge is 0.481 e. The molecule has 2 N–H and O–H groups in total. The number of hydrogen-bond donors (Lipinski definition) is 2. The van der Waals surface area contributed by atoms with Crippen molar-refractivity contribution in [1.29, 1.82) is 0 Å². The Bertz CT molecular complexity index is 1280. The zero-order chi connectivity index (χ0) is 29.4. The summed E-state index contributed by atoms with van der Waals surface area (Å²) in [4.78, 5) is 12.6. The lowest BCUT2D eigenvalue weighted by molar-refractivity contribution is -0.162. The maximum absolute atomic E-state index is 12.6. The highest BCUT2D eigenvalue weighted by atomic mass is 16.4. The van der Waals surface area contributed by atoms with E-state index in [1.807, 2.05) is 13.8 Å². The van der Waals surface area contributed by atoms with Gasteiger partial charge < -0.3 is 10.2 Å². The molecule has 41 heavy (non-hydrogen) atoms. The number of fused-ring (bicyclic) bond motifs is 6. The van der Waals surface area contributed by atoms with Crippen LogP contribution >= 0.6 is 0 Å². The van der Waals surface area contributed by atoms with Crippen molar-refractivity contribution in [3.63, 3.8) is 0 Å². The van der Waals surface area contributed by atoms with Crippen LogP contribution in [0, 0.1) is 28.1 Å². The molecule has 3 nitrogen and oxygen atoms in total. The van der Waals surface area contributed by atoms with Gasteiger partial charge in [-0.25, -0.2) is 0 Å². The van der Waals surface area contributed by atoms with Gasteiger partial charge in [-0.1, -0.05) is 76.8 Å². The molecule has 5 aliphatic rings. The van der Waals surface area contributed by atoms with Gasteiger partial charge in [-0.15, -0.1) is 0 Å². The van der Waals surface area contributed by atoms with Crippen molar-refractivity contribution in [2.24, 2.45) is 28.1 Å². The highest BCUT2D eigenvalue weighted by Gasteiger charge is 2.61. The van der Waals surface area contributed by atoms with Gasteiger partial charge in [0.15, 0.2) is 0 Å². The minimum atomic E-state index is -0.699. The van der Waals surface area contributed by atoms with E-state index in [1.165, 1.54) is 60.8 Å². The molecule has 224 valence electrons. The third-order valence-electron chi connectivity index (χ3n) is 13.5. The van der Waals surface area contributed by atoms with Crippen LogP contribution in [0.2, 0.25) is 0 Å². The minimum absolute atomic E-state index is 0.108. The summed E-state index contributed by atoms with van der Waals surface area (Å²) in [7, 11) is 0. The molecule has 7 atom stereocenters. The summed E-state index contributed by atoms with van der Waals surface area (Å²) < 4.78 is 0. The number of aliphatic hydroxyl groups is 1. The number of aliphatic hydroxyl groups excluding tert-OH is 1. The minimum Gasteiger partial charge on any atom is -0.481 e. The second-order valence-corrected chi connectivity index (χ2v) is 15.9. The van der Waals surface area contributed by atoms with Crippen molar-refractivity contribution in [2.75, 3.05) is 0 Å². The van der Waals surface area contributed by atoms with Gasteiger partial charge in [0.05, 0.1) is 11.5 Å². The Balaban J connectivity index is 1.41. The smallest absolute Gasteiger partial charge is 0.309 e. The Kier molecular flexibility index (Phi) is 7.20. The molecule has 3 saturated carbocycles. The zero-order valence-electron chi connectivity index (χ0n) is 26.6. The van der Waals surface area contributed by atoms with Gasteiger partial charge in [0.2, 0.25) is 0 Å². The van der Waals surface area contributed by atoms with Crippen molar-refractivity contribution in [3.8, 4) is 0 Å². The predicted octanol–water partition coefficient (Wildman–Crippen LogP) is 9.06. The maximum atomic E-state index is 12.6. The first-order valence-electron chi connectivity index (χ1n) is 16.8. The topological polar surface area (TPSA) is 57.5 Å². The van der Waals surface area contributed by atoms with Crippen molar-refractivity contribution in [2.45, 2.75) is 142 Å². The van der Waals surface area contributed by atoms with Gasteiger partial charge in [-0.2, -0.15) is 0 Å². The normalized spacial score (nSPS) is 39.0. The Morgan fingerprint density at radius 1 is 0.951 bits per heavy atom. The third kappa shape index (κ3) is 4.34. The molecule has 0 spiro atoms. The number of aliphatic carboxylic acids is 1. The number of carbonyl (C=O) groups is 1. The molecule has 6 rings (SSSR count). The Hall–Kier alpha value is -1.87. The quantitative estimate of drug-likeness (QED) is 0.379. The van der Waals surface area contributed by atoms with Crippen LogP contribution in [0.3, 0.4) is 0 Å². The second kappa shape index (κ2) is 10.1. The summed E-state index contributed by atoms with van der Waals surface area (Å²) in [6, 6.07) is 5.19. The van der Waals surface area contributed by atoms with Gasteiger partial charge in [-0.3, -0.25) is 4.79 Å². The van der Waals surface area contributed by atoms with E-state index in [4.69, 9.17) is 0 Å². The Labute approximate surface area is 248 Å². The number of benzene rings is 1. The summed E-state index contributed by atoms with van der Waals surface area (Å²) in [5.74, 6) is 0.761. The van der Waals surface area contributed by atoms with Crippen molar-refractivity contribution < 1.29 is 15.0 Å². The summed E-state index contributed by atoms with van der Waals surface area (Å²) in [5, 5.41) is 21.7. The molecule has 5 aliphatic carbocycles. The zero-order valence-corrected chi connectivity index (χ0v) is 26.6. The van der Waals surface area contributed by atoms with Crippen molar-refractivity contribution >= 4 is 5.97 Å². The first-order chi connectivity index (χ1) is 19.3. The number of hydrogen-bond acceptors (Lipinski definition) is 2. The molecule has 0 amide bonds. The molecule has 3 heteroatoms. The molecular weight excluding hydrogens is 504 g/mol. The lowest BCUT2D eigenvalue weighted by Crippen LogP contribution is -2.56. The van der Waals surface area contributed by atoms with Crippen LogP contribution in [0.5, 0.6) is 0 Å². The number of rotatable bonds is 5. The summed E-state index contributed by atoms with van der Waals surface area (Å²) in [6.45, 7) is 13.5. The number of carboxylic acids is 1. The average Bonchev–Trinajstić information content (AvgIpc) is 2.92. The SMILES string of the molecule is CC(C)c1cc2c(cc1CC1=CCC3(C(C)O)CCC4C(C)(C(=O)O)CCCC4(C)C3=C1)C1(C)CCCCC1CC2. The molecule has 1 aromatic carbocycles. The van der Waals surface area contributed by atoms with Crippen molar-refractivity contribution in [1.82, 2.24) is 0 Å². The molecule has 0 aliphatic heterocycles. The van der Waals surface area contributed by atoms with Crippen LogP contribution < -0.4 is 0 Å². The fourth-order valence-corrected chi connectivity index (χ4v) is 10.9.